The molecule has 17 heavy (non-hydrogen) atoms. The lowest BCUT2D eigenvalue weighted by molar-refractivity contribution is 0.526. The summed E-state index contributed by atoms with van der Waals surface area (Å²) in [5, 5.41) is 0. The number of nitrogens with two attached hydrogens (primary N) is 1. The average Bonchev–Trinajstić information content (AvgIpc) is 2.73. The molecule has 0 aliphatic rings. The number of imidazole rings is 1. The molecule has 90 valence electrons. The fourth-order valence-corrected chi connectivity index (χ4v) is 1.90. The number of hydrogen-bond acceptors (Lipinski definition) is 4. The molecule has 0 aromatic carbocycles. The second kappa shape index (κ2) is 5.07. The zero-order valence-corrected chi connectivity index (χ0v) is 10.1. The summed E-state index contributed by atoms with van der Waals surface area (Å²) in [7, 11) is 1.98. The summed E-state index contributed by atoms with van der Waals surface area (Å²) in [4.78, 5) is 8.58. The molecule has 0 aliphatic carbocycles. The lowest BCUT2D eigenvalue weighted by Gasteiger charge is -2.17. The van der Waals surface area contributed by atoms with E-state index < -0.39 is 0 Å². The van der Waals surface area contributed by atoms with Gasteiger partial charge in [-0.05, 0) is 18.6 Å². The Morgan fingerprint density at radius 1 is 1.41 bits per heavy atom. The van der Waals surface area contributed by atoms with Gasteiger partial charge in [0.05, 0.1) is 6.04 Å². The van der Waals surface area contributed by atoms with Crippen LogP contribution in [0.25, 0.3) is 0 Å². The zero-order valence-electron chi connectivity index (χ0n) is 10.1. The van der Waals surface area contributed by atoms with Crippen molar-refractivity contribution in [2.45, 2.75) is 19.4 Å². The van der Waals surface area contributed by atoms with E-state index in [2.05, 4.69) is 15.4 Å². The number of rotatable bonds is 4. The standard InChI is InChI=1S/C12H17N5/c1-9-10(4-3-5-14-9)11(16-13)8-12-15-6-7-17(12)2/h3-7,11,16H,8,13H2,1-2H3. The second-order valence-electron chi connectivity index (χ2n) is 4.06. The van der Waals surface area contributed by atoms with E-state index in [1.54, 1.807) is 12.4 Å². The number of hydrazine groups is 1. The van der Waals surface area contributed by atoms with Crippen molar-refractivity contribution >= 4 is 0 Å². The molecule has 0 radical (unpaired) electrons. The molecule has 2 heterocycles. The van der Waals surface area contributed by atoms with Crippen molar-refractivity contribution < 1.29 is 0 Å². The molecule has 1 unspecified atom stereocenters. The third kappa shape index (κ3) is 2.51. The first-order chi connectivity index (χ1) is 8.22. The lowest BCUT2D eigenvalue weighted by Crippen LogP contribution is -2.31. The van der Waals surface area contributed by atoms with Crippen molar-refractivity contribution in [3.8, 4) is 0 Å². The van der Waals surface area contributed by atoms with Crippen molar-refractivity contribution in [3.63, 3.8) is 0 Å². The second-order valence-corrected chi connectivity index (χ2v) is 4.06. The molecular formula is C12H17N5. The van der Waals surface area contributed by atoms with Gasteiger partial charge in [-0.25, -0.2) is 4.98 Å². The molecule has 2 rings (SSSR count). The van der Waals surface area contributed by atoms with Crippen molar-refractivity contribution in [1.29, 1.82) is 0 Å². The van der Waals surface area contributed by atoms with Gasteiger partial charge in [0.15, 0.2) is 0 Å². The molecule has 0 amide bonds. The molecule has 5 heteroatoms. The van der Waals surface area contributed by atoms with Crippen LogP contribution in [0.1, 0.15) is 23.1 Å². The molecule has 0 bridgehead atoms. The van der Waals surface area contributed by atoms with Crippen molar-refractivity contribution in [3.05, 3.63) is 47.8 Å². The average molecular weight is 231 g/mol. The summed E-state index contributed by atoms with van der Waals surface area (Å²) < 4.78 is 2.00. The number of aryl methyl sites for hydroxylation is 2. The molecular weight excluding hydrogens is 214 g/mol. The highest BCUT2D eigenvalue weighted by atomic mass is 15.2. The molecule has 2 aromatic rings. The number of pyridine rings is 1. The molecule has 0 aliphatic heterocycles. The predicted molar refractivity (Wildman–Crippen MR) is 66.0 cm³/mol. The Balaban J connectivity index is 2.23. The Kier molecular flexibility index (Phi) is 3.51. The van der Waals surface area contributed by atoms with Gasteiger partial charge in [-0.2, -0.15) is 0 Å². The minimum Gasteiger partial charge on any atom is -0.338 e. The van der Waals surface area contributed by atoms with Crippen LogP contribution in [0.4, 0.5) is 0 Å². The van der Waals surface area contributed by atoms with Gasteiger partial charge in [-0.3, -0.25) is 16.3 Å². The van der Waals surface area contributed by atoms with Crippen LogP contribution in [0.15, 0.2) is 30.7 Å². The largest absolute Gasteiger partial charge is 0.338 e. The monoisotopic (exact) mass is 231 g/mol. The van der Waals surface area contributed by atoms with Crippen LogP contribution < -0.4 is 11.3 Å². The SMILES string of the molecule is Cc1ncccc1C(Cc1nccn1C)NN. The molecule has 2 aromatic heterocycles. The molecule has 0 saturated heterocycles. The number of nitrogens with zero attached hydrogens (tertiary/aromatic N) is 3. The fraction of sp³-hybridized carbons (Fsp3) is 0.333. The van der Waals surface area contributed by atoms with Crippen molar-refractivity contribution in [1.82, 2.24) is 20.0 Å². The Morgan fingerprint density at radius 3 is 2.82 bits per heavy atom. The summed E-state index contributed by atoms with van der Waals surface area (Å²) in [6, 6.07) is 3.99. The van der Waals surface area contributed by atoms with Gasteiger partial charge in [-0.1, -0.05) is 6.07 Å². The fourth-order valence-electron chi connectivity index (χ4n) is 1.90. The summed E-state index contributed by atoms with van der Waals surface area (Å²) in [6.07, 6.45) is 6.25. The number of hydrogen-bond donors (Lipinski definition) is 2. The van der Waals surface area contributed by atoms with E-state index in [0.29, 0.717) is 0 Å². The topological polar surface area (TPSA) is 68.8 Å². The smallest absolute Gasteiger partial charge is 0.110 e. The molecule has 3 N–H and O–H groups in total. The van der Waals surface area contributed by atoms with Gasteiger partial charge in [0, 0.05) is 37.8 Å². The molecule has 1 atom stereocenters. The quantitative estimate of drug-likeness (QED) is 0.605. The lowest BCUT2D eigenvalue weighted by atomic mass is 10.0. The van der Waals surface area contributed by atoms with E-state index in [1.165, 1.54) is 0 Å². The number of nitrogens with one attached hydrogen (secondary N) is 1. The maximum Gasteiger partial charge on any atom is 0.110 e. The Labute approximate surface area is 101 Å². The highest BCUT2D eigenvalue weighted by Crippen LogP contribution is 2.18. The first-order valence-corrected chi connectivity index (χ1v) is 5.56. The first-order valence-electron chi connectivity index (χ1n) is 5.56. The minimum atomic E-state index is 0.0322. The van der Waals surface area contributed by atoms with E-state index in [0.717, 1.165) is 23.5 Å². The van der Waals surface area contributed by atoms with Crippen LogP contribution in [-0.2, 0) is 13.5 Å². The van der Waals surface area contributed by atoms with Gasteiger partial charge in [0.25, 0.3) is 0 Å². The first kappa shape index (κ1) is 11.8. The molecule has 0 saturated carbocycles. The third-order valence-electron chi connectivity index (χ3n) is 2.93. The summed E-state index contributed by atoms with van der Waals surface area (Å²) in [6.45, 7) is 1.98. The molecule has 0 fully saturated rings. The molecule has 5 nitrogen and oxygen atoms in total. The van der Waals surface area contributed by atoms with Gasteiger partial charge in [0.2, 0.25) is 0 Å². The van der Waals surface area contributed by atoms with Crippen LogP contribution in [0.2, 0.25) is 0 Å². The molecule has 0 spiro atoms. The van der Waals surface area contributed by atoms with Crippen LogP contribution in [0.5, 0.6) is 0 Å². The van der Waals surface area contributed by atoms with Crippen LogP contribution in [0.3, 0.4) is 0 Å². The predicted octanol–water partition coefficient (Wildman–Crippen LogP) is 0.871. The van der Waals surface area contributed by atoms with E-state index in [-0.39, 0.29) is 6.04 Å². The van der Waals surface area contributed by atoms with E-state index in [9.17, 15) is 0 Å². The van der Waals surface area contributed by atoms with Gasteiger partial charge in [0.1, 0.15) is 5.82 Å². The normalized spacial score (nSPS) is 12.6. The van der Waals surface area contributed by atoms with Crippen LogP contribution in [0, 0.1) is 6.92 Å². The van der Waals surface area contributed by atoms with E-state index >= 15 is 0 Å². The van der Waals surface area contributed by atoms with Crippen molar-refractivity contribution in [2.75, 3.05) is 0 Å². The highest BCUT2D eigenvalue weighted by molar-refractivity contribution is 5.23. The minimum absolute atomic E-state index is 0.0322. The summed E-state index contributed by atoms with van der Waals surface area (Å²) in [5.74, 6) is 6.62. The summed E-state index contributed by atoms with van der Waals surface area (Å²) in [5.41, 5.74) is 4.93. The number of aromatic nitrogens is 3. The Bertz CT molecular complexity index is 491. The van der Waals surface area contributed by atoms with Gasteiger partial charge >= 0.3 is 0 Å². The van der Waals surface area contributed by atoms with E-state index in [1.807, 2.05) is 36.9 Å². The third-order valence-corrected chi connectivity index (χ3v) is 2.93. The van der Waals surface area contributed by atoms with Gasteiger partial charge < -0.3 is 4.57 Å². The van der Waals surface area contributed by atoms with Crippen LogP contribution >= 0.6 is 0 Å². The summed E-state index contributed by atoms with van der Waals surface area (Å²) >= 11 is 0. The Hall–Kier alpha value is -1.72. The Morgan fingerprint density at radius 2 is 2.24 bits per heavy atom. The highest BCUT2D eigenvalue weighted by Gasteiger charge is 2.15. The van der Waals surface area contributed by atoms with E-state index in [4.69, 9.17) is 5.84 Å². The maximum absolute atomic E-state index is 5.63. The van der Waals surface area contributed by atoms with Gasteiger partial charge in [-0.15, -0.1) is 0 Å². The van der Waals surface area contributed by atoms with Crippen molar-refractivity contribution in [2.24, 2.45) is 12.9 Å². The van der Waals surface area contributed by atoms with Crippen LogP contribution in [-0.4, -0.2) is 14.5 Å². The zero-order chi connectivity index (χ0) is 12.3. The maximum atomic E-state index is 5.63.